The average Bonchev–Trinajstić information content (AvgIpc) is 2.44. The number of benzene rings is 1. The van der Waals surface area contributed by atoms with E-state index in [0.717, 1.165) is 23.5 Å². The molecule has 1 aromatic rings. The molecule has 4 heteroatoms. The molecular weight excluding hydrogens is 230 g/mol. The van der Waals surface area contributed by atoms with E-state index in [0.29, 0.717) is 6.54 Å². The van der Waals surface area contributed by atoms with E-state index in [9.17, 15) is 5.11 Å². The van der Waals surface area contributed by atoms with Gasteiger partial charge in [0.05, 0.1) is 20.8 Å². The Kier molecular flexibility index (Phi) is 5.44. The van der Waals surface area contributed by atoms with Crippen LogP contribution in [0.5, 0.6) is 11.5 Å². The van der Waals surface area contributed by atoms with Crippen molar-refractivity contribution in [2.24, 2.45) is 0 Å². The summed E-state index contributed by atoms with van der Waals surface area (Å²) in [6, 6.07) is 5.74. The van der Waals surface area contributed by atoms with Crippen molar-refractivity contribution in [3.8, 4) is 11.5 Å². The Morgan fingerprint density at radius 1 is 1.28 bits per heavy atom. The molecular formula is C14H23NO3. The Balaban J connectivity index is 2.78. The third-order valence-corrected chi connectivity index (χ3v) is 3.33. The Morgan fingerprint density at radius 3 is 2.50 bits per heavy atom. The Bertz CT molecular complexity index is 375. The van der Waals surface area contributed by atoms with E-state index in [2.05, 4.69) is 12.2 Å². The second-order valence-corrected chi connectivity index (χ2v) is 4.60. The molecule has 18 heavy (non-hydrogen) atoms. The fourth-order valence-corrected chi connectivity index (χ4v) is 1.60. The summed E-state index contributed by atoms with van der Waals surface area (Å²) in [5.41, 5.74) is 0.789. The maximum absolute atomic E-state index is 9.36. The van der Waals surface area contributed by atoms with Crippen molar-refractivity contribution < 1.29 is 14.6 Å². The molecule has 4 nitrogen and oxygen atoms in total. The molecule has 0 aliphatic rings. The van der Waals surface area contributed by atoms with Gasteiger partial charge in [0.1, 0.15) is 11.5 Å². The van der Waals surface area contributed by atoms with Crippen molar-refractivity contribution in [2.45, 2.75) is 32.4 Å². The van der Waals surface area contributed by atoms with Crippen molar-refractivity contribution in [2.75, 3.05) is 20.8 Å². The highest BCUT2D eigenvalue weighted by Gasteiger charge is 2.20. The van der Waals surface area contributed by atoms with Crippen molar-refractivity contribution in [3.63, 3.8) is 0 Å². The minimum atomic E-state index is -0.259. The van der Waals surface area contributed by atoms with Crippen LogP contribution in [0.4, 0.5) is 0 Å². The lowest BCUT2D eigenvalue weighted by atomic mass is 10.00. The zero-order valence-electron chi connectivity index (χ0n) is 11.6. The van der Waals surface area contributed by atoms with Gasteiger partial charge < -0.3 is 19.9 Å². The van der Waals surface area contributed by atoms with Crippen molar-refractivity contribution in [1.29, 1.82) is 0 Å². The van der Waals surface area contributed by atoms with Crippen LogP contribution in [0.2, 0.25) is 0 Å². The molecule has 0 saturated carbocycles. The molecule has 1 atom stereocenters. The van der Waals surface area contributed by atoms with Gasteiger partial charge in [-0.05, 0) is 19.4 Å². The van der Waals surface area contributed by atoms with Gasteiger partial charge in [0.25, 0.3) is 0 Å². The molecule has 0 aliphatic carbocycles. The van der Waals surface area contributed by atoms with Gasteiger partial charge in [0.15, 0.2) is 0 Å². The molecule has 0 aliphatic heterocycles. The molecule has 0 amide bonds. The lowest BCUT2D eigenvalue weighted by molar-refractivity contribution is 0.168. The van der Waals surface area contributed by atoms with Gasteiger partial charge in [-0.25, -0.2) is 0 Å². The van der Waals surface area contributed by atoms with Crippen LogP contribution in [0.3, 0.4) is 0 Å². The van der Waals surface area contributed by atoms with Gasteiger partial charge in [0, 0.05) is 23.7 Å². The predicted molar refractivity (Wildman–Crippen MR) is 72.2 cm³/mol. The maximum Gasteiger partial charge on any atom is 0.127 e. The van der Waals surface area contributed by atoms with Gasteiger partial charge in [-0.3, -0.25) is 0 Å². The third kappa shape index (κ3) is 3.62. The minimum Gasteiger partial charge on any atom is -0.497 e. The van der Waals surface area contributed by atoms with E-state index in [1.54, 1.807) is 14.2 Å². The van der Waals surface area contributed by atoms with Crippen LogP contribution in [0.15, 0.2) is 18.2 Å². The van der Waals surface area contributed by atoms with Crippen molar-refractivity contribution >= 4 is 0 Å². The number of rotatable bonds is 7. The molecule has 0 radical (unpaired) electrons. The average molecular weight is 253 g/mol. The second-order valence-electron chi connectivity index (χ2n) is 4.60. The van der Waals surface area contributed by atoms with E-state index >= 15 is 0 Å². The zero-order valence-corrected chi connectivity index (χ0v) is 11.6. The first-order chi connectivity index (χ1) is 8.58. The van der Waals surface area contributed by atoms with E-state index in [1.165, 1.54) is 0 Å². The first-order valence-corrected chi connectivity index (χ1v) is 6.15. The topological polar surface area (TPSA) is 50.7 Å². The summed E-state index contributed by atoms with van der Waals surface area (Å²) in [6.07, 6.45) is 0.863. The molecule has 0 saturated heterocycles. The quantitative estimate of drug-likeness (QED) is 0.780. The SMILES string of the molecule is CCC(C)(CO)NCc1ccc(OC)cc1OC. The summed E-state index contributed by atoms with van der Waals surface area (Å²) in [7, 11) is 3.27. The standard InChI is InChI=1S/C14H23NO3/c1-5-14(2,10-16)15-9-11-6-7-12(17-3)8-13(11)18-4/h6-8,15-16H,5,9-10H2,1-4H3. The highest BCUT2D eigenvalue weighted by molar-refractivity contribution is 5.40. The number of aliphatic hydroxyl groups excluding tert-OH is 1. The minimum absolute atomic E-state index is 0.113. The summed E-state index contributed by atoms with van der Waals surface area (Å²) in [5.74, 6) is 1.56. The molecule has 1 aromatic carbocycles. The van der Waals surface area contributed by atoms with Gasteiger partial charge in [0.2, 0.25) is 0 Å². The van der Waals surface area contributed by atoms with E-state index in [4.69, 9.17) is 9.47 Å². The smallest absolute Gasteiger partial charge is 0.127 e. The van der Waals surface area contributed by atoms with Crippen LogP contribution in [0, 0.1) is 0 Å². The van der Waals surface area contributed by atoms with Crippen LogP contribution in [-0.4, -0.2) is 31.5 Å². The number of hydrogen-bond donors (Lipinski definition) is 2. The summed E-state index contributed by atoms with van der Waals surface area (Å²) in [6.45, 7) is 4.82. The maximum atomic E-state index is 9.36. The second kappa shape index (κ2) is 6.61. The van der Waals surface area contributed by atoms with Crippen LogP contribution >= 0.6 is 0 Å². The molecule has 2 N–H and O–H groups in total. The number of nitrogens with one attached hydrogen (secondary N) is 1. The number of hydrogen-bond acceptors (Lipinski definition) is 4. The molecule has 102 valence electrons. The van der Waals surface area contributed by atoms with Gasteiger partial charge in [-0.15, -0.1) is 0 Å². The highest BCUT2D eigenvalue weighted by atomic mass is 16.5. The molecule has 1 rings (SSSR count). The molecule has 0 fully saturated rings. The number of methoxy groups -OCH3 is 2. The Morgan fingerprint density at radius 2 is 2.00 bits per heavy atom. The molecule has 0 bridgehead atoms. The monoisotopic (exact) mass is 253 g/mol. The molecule has 1 unspecified atom stereocenters. The zero-order chi connectivity index (χ0) is 13.6. The summed E-state index contributed by atoms with van der Waals surface area (Å²) >= 11 is 0. The largest absolute Gasteiger partial charge is 0.497 e. The van der Waals surface area contributed by atoms with E-state index < -0.39 is 0 Å². The predicted octanol–water partition coefficient (Wildman–Crippen LogP) is 1.95. The van der Waals surface area contributed by atoms with Gasteiger partial charge in [-0.2, -0.15) is 0 Å². The molecule has 0 aromatic heterocycles. The van der Waals surface area contributed by atoms with Crippen LogP contribution in [0.1, 0.15) is 25.8 Å². The summed E-state index contributed by atoms with van der Waals surface area (Å²) < 4.78 is 10.5. The third-order valence-electron chi connectivity index (χ3n) is 3.33. The van der Waals surface area contributed by atoms with Crippen LogP contribution in [0.25, 0.3) is 0 Å². The fourth-order valence-electron chi connectivity index (χ4n) is 1.60. The van der Waals surface area contributed by atoms with Gasteiger partial charge >= 0.3 is 0 Å². The summed E-state index contributed by atoms with van der Waals surface area (Å²) in [4.78, 5) is 0. The molecule has 0 spiro atoms. The van der Waals surface area contributed by atoms with Crippen LogP contribution < -0.4 is 14.8 Å². The lowest BCUT2D eigenvalue weighted by Gasteiger charge is -2.27. The van der Waals surface area contributed by atoms with Crippen molar-refractivity contribution in [3.05, 3.63) is 23.8 Å². The van der Waals surface area contributed by atoms with Crippen LogP contribution in [-0.2, 0) is 6.54 Å². The normalized spacial score (nSPS) is 14.1. The van der Waals surface area contributed by atoms with E-state index in [-0.39, 0.29) is 12.1 Å². The fraction of sp³-hybridized carbons (Fsp3) is 0.571. The molecule has 0 heterocycles. The first-order valence-electron chi connectivity index (χ1n) is 6.15. The van der Waals surface area contributed by atoms with Gasteiger partial charge in [-0.1, -0.05) is 13.0 Å². The van der Waals surface area contributed by atoms with E-state index in [1.807, 2.05) is 25.1 Å². The first kappa shape index (κ1) is 14.8. The Labute approximate surface area is 109 Å². The Hall–Kier alpha value is -1.26. The number of ether oxygens (including phenoxy) is 2. The summed E-state index contributed by atoms with van der Waals surface area (Å²) in [5, 5.41) is 12.7. The van der Waals surface area contributed by atoms with Crippen molar-refractivity contribution in [1.82, 2.24) is 5.32 Å². The highest BCUT2D eigenvalue weighted by Crippen LogP contribution is 2.25. The number of aliphatic hydroxyl groups is 1. The lowest BCUT2D eigenvalue weighted by Crippen LogP contribution is -2.44.